The van der Waals surface area contributed by atoms with E-state index in [-0.39, 0.29) is 0 Å². The first-order valence-electron chi connectivity index (χ1n) is 6.72. The van der Waals surface area contributed by atoms with Crippen molar-refractivity contribution in [3.63, 3.8) is 0 Å². The van der Waals surface area contributed by atoms with Gasteiger partial charge in [-0.1, -0.05) is 42.1 Å². The molecule has 1 aliphatic heterocycles. The van der Waals surface area contributed by atoms with E-state index in [0.29, 0.717) is 6.04 Å². The van der Waals surface area contributed by atoms with Crippen LogP contribution in [0.3, 0.4) is 0 Å². The van der Waals surface area contributed by atoms with E-state index >= 15 is 0 Å². The number of hydrogen-bond donors (Lipinski definition) is 1. The third kappa shape index (κ3) is 3.04. The summed E-state index contributed by atoms with van der Waals surface area (Å²) in [5.74, 6) is 1.04. The highest BCUT2D eigenvalue weighted by atomic mass is 32.2. The first kappa shape index (κ1) is 13.2. The van der Waals surface area contributed by atoms with Crippen LogP contribution in [-0.2, 0) is 13.5 Å². The highest BCUT2D eigenvalue weighted by Gasteiger charge is 2.19. The van der Waals surface area contributed by atoms with Gasteiger partial charge in [0.1, 0.15) is 0 Å². The maximum atomic E-state index is 4.76. The summed E-state index contributed by atoms with van der Waals surface area (Å²) < 4.78 is 1.82. The molecule has 5 heteroatoms. The average molecular weight is 286 g/mol. The van der Waals surface area contributed by atoms with Gasteiger partial charge < -0.3 is 5.32 Å². The number of anilines is 1. The molecule has 2 aromatic rings. The Balaban J connectivity index is 1.65. The fourth-order valence-corrected chi connectivity index (χ4v) is 3.26. The zero-order valence-corrected chi connectivity index (χ0v) is 12.5. The van der Waals surface area contributed by atoms with Gasteiger partial charge in [0.05, 0.1) is 17.4 Å². The van der Waals surface area contributed by atoms with Crippen molar-refractivity contribution < 1.29 is 0 Å². The molecule has 1 atom stereocenters. The minimum absolute atomic E-state index is 0.363. The molecule has 104 valence electrons. The second-order valence-corrected chi connectivity index (χ2v) is 6.02. The van der Waals surface area contributed by atoms with E-state index in [4.69, 9.17) is 4.99 Å². The number of hydrogen-bond acceptors (Lipinski definition) is 4. The number of rotatable bonds is 3. The zero-order valence-electron chi connectivity index (χ0n) is 11.7. The van der Waals surface area contributed by atoms with Crippen LogP contribution in [0.5, 0.6) is 0 Å². The molecule has 20 heavy (non-hydrogen) atoms. The number of aromatic nitrogens is 2. The quantitative estimate of drug-likeness (QED) is 0.943. The molecular weight excluding hydrogens is 268 g/mol. The molecule has 2 heterocycles. The van der Waals surface area contributed by atoms with E-state index in [1.54, 1.807) is 11.8 Å². The first-order valence-corrected chi connectivity index (χ1v) is 7.71. The minimum Gasteiger partial charge on any atom is -0.332 e. The van der Waals surface area contributed by atoms with Crippen molar-refractivity contribution in [3.05, 3.63) is 47.8 Å². The van der Waals surface area contributed by atoms with Crippen LogP contribution in [-0.4, -0.2) is 26.7 Å². The van der Waals surface area contributed by atoms with E-state index in [1.165, 1.54) is 5.56 Å². The van der Waals surface area contributed by atoms with Crippen molar-refractivity contribution in [2.45, 2.75) is 19.4 Å². The molecule has 0 saturated carbocycles. The average Bonchev–Trinajstić information content (AvgIpc) is 2.98. The fourth-order valence-electron chi connectivity index (χ4n) is 2.31. The molecule has 0 aliphatic carbocycles. The van der Waals surface area contributed by atoms with Crippen molar-refractivity contribution in [2.75, 3.05) is 11.1 Å². The predicted molar refractivity (Wildman–Crippen MR) is 85.4 cm³/mol. The van der Waals surface area contributed by atoms with Gasteiger partial charge in [-0.15, -0.1) is 0 Å². The number of benzene rings is 1. The van der Waals surface area contributed by atoms with Crippen molar-refractivity contribution in [1.29, 1.82) is 0 Å². The van der Waals surface area contributed by atoms with Gasteiger partial charge >= 0.3 is 0 Å². The second kappa shape index (κ2) is 5.71. The molecule has 0 bridgehead atoms. The third-order valence-corrected chi connectivity index (χ3v) is 4.31. The van der Waals surface area contributed by atoms with Gasteiger partial charge in [-0.05, 0) is 18.9 Å². The van der Waals surface area contributed by atoms with Crippen molar-refractivity contribution >= 4 is 22.6 Å². The van der Waals surface area contributed by atoms with Crippen molar-refractivity contribution in [1.82, 2.24) is 9.78 Å². The summed E-state index contributed by atoms with van der Waals surface area (Å²) in [7, 11) is 1.93. The molecule has 0 radical (unpaired) electrons. The molecule has 1 N–H and O–H groups in total. The van der Waals surface area contributed by atoms with E-state index in [0.717, 1.165) is 28.7 Å². The molecule has 0 saturated heterocycles. The zero-order chi connectivity index (χ0) is 13.9. The Labute approximate surface area is 123 Å². The summed E-state index contributed by atoms with van der Waals surface area (Å²) in [6.07, 6.45) is 2.99. The Morgan fingerprint density at radius 2 is 2.15 bits per heavy atom. The minimum atomic E-state index is 0.363. The Bertz CT molecular complexity index is 618. The van der Waals surface area contributed by atoms with Crippen LogP contribution in [0.2, 0.25) is 0 Å². The molecule has 1 unspecified atom stereocenters. The van der Waals surface area contributed by atoms with E-state index in [1.807, 2.05) is 30.9 Å². The van der Waals surface area contributed by atoms with Crippen LogP contribution in [0.1, 0.15) is 11.3 Å². The van der Waals surface area contributed by atoms with Gasteiger partial charge in [-0.2, -0.15) is 5.10 Å². The molecule has 3 rings (SSSR count). The number of nitrogens with one attached hydrogen (secondary N) is 1. The first-order chi connectivity index (χ1) is 9.70. The Hall–Kier alpha value is -1.75. The maximum Gasteiger partial charge on any atom is 0.161 e. The highest BCUT2D eigenvalue weighted by molar-refractivity contribution is 8.14. The van der Waals surface area contributed by atoms with Gasteiger partial charge in [0.25, 0.3) is 0 Å². The molecule has 0 fully saturated rings. The van der Waals surface area contributed by atoms with Crippen LogP contribution in [0.15, 0.2) is 41.5 Å². The van der Waals surface area contributed by atoms with Crippen molar-refractivity contribution in [2.24, 2.45) is 12.0 Å². The molecule has 1 aromatic carbocycles. The van der Waals surface area contributed by atoms with Crippen LogP contribution >= 0.6 is 11.8 Å². The summed E-state index contributed by atoms with van der Waals surface area (Å²) in [6, 6.07) is 10.9. The largest absolute Gasteiger partial charge is 0.332 e. The Morgan fingerprint density at radius 1 is 1.35 bits per heavy atom. The Morgan fingerprint density at radius 3 is 2.85 bits per heavy atom. The van der Waals surface area contributed by atoms with Gasteiger partial charge in [-0.25, -0.2) is 0 Å². The molecule has 1 aliphatic rings. The summed E-state index contributed by atoms with van der Waals surface area (Å²) in [5, 5.41) is 8.71. The lowest BCUT2D eigenvalue weighted by atomic mass is 10.1. The molecule has 0 spiro atoms. The summed E-state index contributed by atoms with van der Waals surface area (Å²) >= 11 is 1.78. The topological polar surface area (TPSA) is 42.2 Å². The third-order valence-electron chi connectivity index (χ3n) is 3.28. The Kier molecular flexibility index (Phi) is 3.78. The van der Waals surface area contributed by atoms with Crippen LogP contribution < -0.4 is 5.32 Å². The normalized spacial score (nSPS) is 18.1. The SMILES string of the molecule is Cc1nn(C)cc1NC1=NC(Cc2ccccc2)CS1. The lowest BCUT2D eigenvalue weighted by Crippen LogP contribution is -2.08. The summed E-state index contributed by atoms with van der Waals surface area (Å²) in [6.45, 7) is 2.00. The van der Waals surface area contributed by atoms with Gasteiger partial charge in [-0.3, -0.25) is 9.67 Å². The lowest BCUT2D eigenvalue weighted by molar-refractivity contribution is 0.756. The van der Waals surface area contributed by atoms with Crippen LogP contribution in [0.4, 0.5) is 5.69 Å². The second-order valence-electron chi connectivity index (χ2n) is 5.02. The van der Waals surface area contributed by atoms with E-state index in [9.17, 15) is 0 Å². The summed E-state index contributed by atoms with van der Waals surface area (Å²) in [4.78, 5) is 4.76. The number of aliphatic imine (C=N–C) groups is 1. The van der Waals surface area contributed by atoms with Gasteiger partial charge in [0.15, 0.2) is 5.17 Å². The van der Waals surface area contributed by atoms with E-state index < -0.39 is 0 Å². The predicted octanol–water partition coefficient (Wildman–Crippen LogP) is 2.85. The van der Waals surface area contributed by atoms with E-state index in [2.05, 4.69) is 34.7 Å². The van der Waals surface area contributed by atoms with Crippen LogP contribution in [0.25, 0.3) is 0 Å². The van der Waals surface area contributed by atoms with Crippen molar-refractivity contribution in [3.8, 4) is 0 Å². The van der Waals surface area contributed by atoms with Gasteiger partial charge in [0.2, 0.25) is 0 Å². The smallest absolute Gasteiger partial charge is 0.161 e. The molecular formula is C15H18N4S. The maximum absolute atomic E-state index is 4.76. The molecule has 4 nitrogen and oxygen atoms in total. The lowest BCUT2D eigenvalue weighted by Gasteiger charge is -2.04. The van der Waals surface area contributed by atoms with Crippen LogP contribution in [0, 0.1) is 6.92 Å². The number of nitrogens with zero attached hydrogens (tertiary/aromatic N) is 3. The molecule has 0 amide bonds. The monoisotopic (exact) mass is 286 g/mol. The number of amidine groups is 1. The fraction of sp³-hybridized carbons (Fsp3) is 0.333. The number of thioether (sulfide) groups is 1. The standard InChI is InChI=1S/C15H18N4S/c1-11-14(9-19(2)18-11)17-15-16-13(10-20-15)8-12-6-4-3-5-7-12/h3-7,9,13H,8,10H2,1-2H3,(H,16,17). The van der Waals surface area contributed by atoms with Gasteiger partial charge in [0, 0.05) is 19.0 Å². The molecule has 1 aromatic heterocycles. The highest BCUT2D eigenvalue weighted by Crippen LogP contribution is 2.23. The summed E-state index contributed by atoms with van der Waals surface area (Å²) in [5.41, 5.74) is 3.39. The number of aryl methyl sites for hydroxylation is 2.